The summed E-state index contributed by atoms with van der Waals surface area (Å²) < 4.78 is 0.823. The lowest BCUT2D eigenvalue weighted by Gasteiger charge is -2.06. The van der Waals surface area contributed by atoms with Gasteiger partial charge in [-0.05, 0) is 47.1 Å². The zero-order valence-electron chi connectivity index (χ0n) is 11.0. The van der Waals surface area contributed by atoms with E-state index < -0.39 is 10.8 Å². The van der Waals surface area contributed by atoms with Crippen LogP contribution in [0.2, 0.25) is 0 Å². The Bertz CT molecular complexity index is 733. The molecule has 1 amide bonds. The van der Waals surface area contributed by atoms with Crippen LogP contribution in [0, 0.1) is 17.0 Å². The van der Waals surface area contributed by atoms with Crippen molar-refractivity contribution in [3.63, 3.8) is 0 Å². The van der Waals surface area contributed by atoms with E-state index in [2.05, 4.69) is 26.2 Å². The Morgan fingerprint density at radius 3 is 2.71 bits per heavy atom. The molecule has 1 heterocycles. The molecule has 0 radical (unpaired) electrons. The molecule has 1 aromatic carbocycles. The molecule has 0 atom stereocenters. The third-order valence-electron chi connectivity index (χ3n) is 2.75. The SMILES string of the molecule is Cc1nc(NC(=O)c2ccc(N)c([N+](=O)[O-])c2)ccc1Br. The number of hydrogen-bond donors (Lipinski definition) is 2. The molecule has 108 valence electrons. The highest BCUT2D eigenvalue weighted by atomic mass is 79.9. The molecule has 3 N–H and O–H groups in total. The van der Waals surface area contributed by atoms with Crippen LogP contribution in [-0.2, 0) is 0 Å². The summed E-state index contributed by atoms with van der Waals surface area (Å²) in [5.74, 6) is -0.132. The van der Waals surface area contributed by atoms with Crippen LogP contribution in [0.15, 0.2) is 34.8 Å². The first-order chi connectivity index (χ1) is 9.88. The number of rotatable bonds is 3. The van der Waals surface area contributed by atoms with Gasteiger partial charge in [-0.25, -0.2) is 4.98 Å². The van der Waals surface area contributed by atoms with E-state index in [1.165, 1.54) is 12.1 Å². The van der Waals surface area contributed by atoms with Crippen molar-refractivity contribution in [1.29, 1.82) is 0 Å². The Morgan fingerprint density at radius 2 is 2.10 bits per heavy atom. The van der Waals surface area contributed by atoms with Gasteiger partial charge in [0.25, 0.3) is 11.6 Å². The molecule has 0 bridgehead atoms. The molecule has 8 heteroatoms. The average Bonchev–Trinajstić information content (AvgIpc) is 2.43. The lowest BCUT2D eigenvalue weighted by atomic mass is 10.1. The van der Waals surface area contributed by atoms with Crippen molar-refractivity contribution in [3.8, 4) is 0 Å². The van der Waals surface area contributed by atoms with Gasteiger partial charge in [-0.3, -0.25) is 14.9 Å². The number of benzene rings is 1. The van der Waals surface area contributed by atoms with Crippen molar-refractivity contribution in [3.05, 3.63) is 56.2 Å². The lowest BCUT2D eigenvalue weighted by molar-refractivity contribution is -0.383. The second kappa shape index (κ2) is 5.88. The first kappa shape index (κ1) is 14.9. The Kier molecular flexibility index (Phi) is 4.18. The van der Waals surface area contributed by atoms with Crippen molar-refractivity contribution in [1.82, 2.24) is 4.98 Å². The monoisotopic (exact) mass is 350 g/mol. The number of pyridine rings is 1. The minimum absolute atomic E-state index is 0.00848. The van der Waals surface area contributed by atoms with Crippen molar-refractivity contribution >= 4 is 39.0 Å². The molecule has 2 rings (SSSR count). The first-order valence-corrected chi connectivity index (χ1v) is 6.66. The van der Waals surface area contributed by atoms with Crippen LogP contribution in [0.25, 0.3) is 0 Å². The Balaban J connectivity index is 2.26. The van der Waals surface area contributed by atoms with Crippen molar-refractivity contribution in [2.75, 3.05) is 11.1 Å². The van der Waals surface area contributed by atoms with E-state index in [0.29, 0.717) is 5.82 Å². The van der Waals surface area contributed by atoms with E-state index in [1.807, 2.05) is 0 Å². The zero-order valence-corrected chi connectivity index (χ0v) is 12.5. The number of carbonyl (C=O) groups is 1. The molecule has 0 spiro atoms. The number of nitrogens with zero attached hydrogens (tertiary/aromatic N) is 2. The zero-order chi connectivity index (χ0) is 15.6. The standard InChI is InChI=1S/C13H11BrN4O3/c1-7-9(14)3-5-12(16-7)17-13(19)8-2-4-10(15)11(6-8)18(20)21/h2-6H,15H2,1H3,(H,16,17,19). The van der Waals surface area contributed by atoms with E-state index in [0.717, 1.165) is 16.2 Å². The topological polar surface area (TPSA) is 111 Å². The predicted octanol–water partition coefficient (Wildman–Crippen LogP) is 2.90. The van der Waals surface area contributed by atoms with Gasteiger partial charge in [-0.1, -0.05) is 0 Å². The van der Waals surface area contributed by atoms with Gasteiger partial charge in [0.2, 0.25) is 0 Å². The van der Waals surface area contributed by atoms with Gasteiger partial charge in [0.05, 0.1) is 10.6 Å². The summed E-state index contributed by atoms with van der Waals surface area (Å²) in [4.78, 5) is 26.4. The van der Waals surface area contributed by atoms with Crippen LogP contribution in [0.4, 0.5) is 17.2 Å². The van der Waals surface area contributed by atoms with Gasteiger partial charge in [0.15, 0.2) is 0 Å². The number of aromatic nitrogens is 1. The van der Waals surface area contributed by atoms with Crippen LogP contribution in [0.3, 0.4) is 0 Å². The van der Waals surface area contributed by atoms with E-state index >= 15 is 0 Å². The molecule has 2 aromatic rings. The summed E-state index contributed by atoms with van der Waals surface area (Å²) in [7, 11) is 0. The quantitative estimate of drug-likeness (QED) is 0.502. The molecule has 0 saturated heterocycles. The maximum Gasteiger partial charge on any atom is 0.292 e. The van der Waals surface area contributed by atoms with Gasteiger partial charge in [0.1, 0.15) is 11.5 Å². The molecule has 1 aromatic heterocycles. The fraction of sp³-hybridized carbons (Fsp3) is 0.0769. The number of anilines is 2. The Labute approximate surface area is 128 Å². The molecular weight excluding hydrogens is 340 g/mol. The van der Waals surface area contributed by atoms with Crippen LogP contribution in [0.1, 0.15) is 16.1 Å². The largest absolute Gasteiger partial charge is 0.393 e. The molecule has 0 aliphatic carbocycles. The summed E-state index contributed by atoms with van der Waals surface area (Å²) >= 11 is 3.31. The van der Waals surface area contributed by atoms with Gasteiger partial charge in [-0.15, -0.1) is 0 Å². The third kappa shape index (κ3) is 3.34. The van der Waals surface area contributed by atoms with E-state index in [-0.39, 0.29) is 16.9 Å². The second-order valence-corrected chi connectivity index (χ2v) is 5.10. The maximum absolute atomic E-state index is 12.1. The van der Waals surface area contributed by atoms with Crippen LogP contribution >= 0.6 is 15.9 Å². The number of carbonyl (C=O) groups excluding carboxylic acids is 1. The minimum Gasteiger partial charge on any atom is -0.393 e. The molecule has 0 saturated carbocycles. The van der Waals surface area contributed by atoms with E-state index in [4.69, 9.17) is 5.73 Å². The van der Waals surface area contributed by atoms with Gasteiger partial charge < -0.3 is 11.1 Å². The van der Waals surface area contributed by atoms with Crippen LogP contribution < -0.4 is 11.1 Å². The van der Waals surface area contributed by atoms with E-state index in [9.17, 15) is 14.9 Å². The smallest absolute Gasteiger partial charge is 0.292 e. The third-order valence-corrected chi connectivity index (χ3v) is 3.59. The fourth-order valence-corrected chi connectivity index (χ4v) is 1.87. The van der Waals surface area contributed by atoms with Crippen LogP contribution in [0.5, 0.6) is 0 Å². The molecule has 0 aliphatic heterocycles. The molecular formula is C13H11BrN4O3. The summed E-state index contributed by atoms with van der Waals surface area (Å²) in [5.41, 5.74) is 6.05. The van der Waals surface area contributed by atoms with Crippen LogP contribution in [-0.4, -0.2) is 15.8 Å². The summed E-state index contributed by atoms with van der Waals surface area (Å²) in [6.45, 7) is 1.79. The number of nitro benzene ring substituents is 1. The fourth-order valence-electron chi connectivity index (χ4n) is 1.65. The predicted molar refractivity (Wildman–Crippen MR) is 82.1 cm³/mol. The summed E-state index contributed by atoms with van der Waals surface area (Å²) in [6, 6.07) is 7.26. The van der Waals surface area contributed by atoms with Crippen molar-refractivity contribution < 1.29 is 9.72 Å². The summed E-state index contributed by atoms with van der Waals surface area (Å²) in [5, 5.41) is 13.4. The molecule has 7 nitrogen and oxygen atoms in total. The van der Waals surface area contributed by atoms with Gasteiger partial charge in [-0.2, -0.15) is 0 Å². The van der Waals surface area contributed by atoms with Crippen molar-refractivity contribution in [2.45, 2.75) is 6.92 Å². The van der Waals surface area contributed by atoms with E-state index in [1.54, 1.807) is 19.1 Å². The molecule has 21 heavy (non-hydrogen) atoms. The summed E-state index contributed by atoms with van der Waals surface area (Å²) in [6.07, 6.45) is 0. The van der Waals surface area contributed by atoms with Crippen molar-refractivity contribution in [2.24, 2.45) is 0 Å². The normalized spacial score (nSPS) is 10.2. The molecule has 0 unspecified atom stereocenters. The number of aryl methyl sites for hydroxylation is 1. The number of nitrogens with two attached hydrogens (primary N) is 1. The minimum atomic E-state index is -0.631. The highest BCUT2D eigenvalue weighted by molar-refractivity contribution is 9.10. The molecule has 0 aliphatic rings. The highest BCUT2D eigenvalue weighted by Gasteiger charge is 2.16. The van der Waals surface area contributed by atoms with Gasteiger partial charge >= 0.3 is 0 Å². The number of halogens is 1. The highest BCUT2D eigenvalue weighted by Crippen LogP contribution is 2.23. The molecule has 0 fully saturated rings. The number of amides is 1. The Morgan fingerprint density at radius 1 is 1.38 bits per heavy atom. The number of nitro groups is 1. The second-order valence-electron chi connectivity index (χ2n) is 4.25. The lowest BCUT2D eigenvalue weighted by Crippen LogP contribution is -2.13. The average molecular weight is 351 g/mol. The Hall–Kier alpha value is -2.48. The van der Waals surface area contributed by atoms with Gasteiger partial charge in [0, 0.05) is 16.1 Å². The number of nitrogens with one attached hydrogen (secondary N) is 1. The number of nitrogen functional groups attached to an aromatic ring is 1. The maximum atomic E-state index is 12.1. The number of hydrogen-bond acceptors (Lipinski definition) is 5. The first-order valence-electron chi connectivity index (χ1n) is 5.87.